The van der Waals surface area contributed by atoms with Crippen molar-refractivity contribution in [2.45, 2.75) is 34.6 Å². The van der Waals surface area contributed by atoms with E-state index in [4.69, 9.17) is 19.2 Å². The molecule has 4 nitrogen and oxygen atoms in total. The maximum Gasteiger partial charge on any atom is 0.129 e. The van der Waals surface area contributed by atoms with Gasteiger partial charge in [-0.2, -0.15) is 0 Å². The summed E-state index contributed by atoms with van der Waals surface area (Å²) in [5.41, 5.74) is 6.45. The summed E-state index contributed by atoms with van der Waals surface area (Å²) in [6.07, 6.45) is 4.21. The van der Waals surface area contributed by atoms with Crippen LogP contribution in [0.4, 0.5) is 0 Å². The lowest BCUT2D eigenvalue weighted by Gasteiger charge is -2.31. The monoisotopic (exact) mass is 525 g/mol. The largest absolute Gasteiger partial charge is 0.497 e. The van der Waals surface area contributed by atoms with Crippen molar-refractivity contribution in [1.29, 1.82) is 0 Å². The Morgan fingerprint density at radius 2 is 1.68 bits per heavy atom. The summed E-state index contributed by atoms with van der Waals surface area (Å²) in [7, 11) is 3.41. The molecule has 4 aromatic rings. The molecule has 1 aromatic heterocycles. The predicted molar refractivity (Wildman–Crippen MR) is 160 cm³/mol. The molecule has 5 rings (SSSR count). The Kier molecular flexibility index (Phi) is 6.83. The van der Waals surface area contributed by atoms with Crippen LogP contribution in [0, 0.1) is 10.8 Å². The number of fused-ring (bicyclic) bond motifs is 1. The Labute approximate surface area is 229 Å². The van der Waals surface area contributed by atoms with Crippen LogP contribution in [0.1, 0.15) is 51.3 Å². The lowest BCUT2D eigenvalue weighted by Crippen LogP contribution is -2.24. The number of rotatable bonds is 6. The van der Waals surface area contributed by atoms with E-state index in [9.17, 15) is 0 Å². The minimum absolute atomic E-state index is 0.00399. The highest BCUT2D eigenvalue weighted by Gasteiger charge is 2.41. The third-order valence-electron chi connectivity index (χ3n) is 6.88. The molecule has 0 atom stereocenters. The average molecular weight is 526 g/mol. The summed E-state index contributed by atoms with van der Waals surface area (Å²) in [4.78, 5) is 4.81. The van der Waals surface area contributed by atoms with Gasteiger partial charge >= 0.3 is 0 Å². The van der Waals surface area contributed by atoms with Crippen LogP contribution in [0.15, 0.2) is 66.2 Å². The molecule has 0 spiro atoms. The minimum Gasteiger partial charge on any atom is -0.497 e. The van der Waals surface area contributed by atoms with Crippen LogP contribution in [-0.4, -0.2) is 25.8 Å². The van der Waals surface area contributed by atoms with Crippen molar-refractivity contribution in [2.75, 3.05) is 20.8 Å². The number of ether oxygens (including phenoxy) is 3. The van der Waals surface area contributed by atoms with Crippen molar-refractivity contribution in [2.24, 2.45) is 10.8 Å². The number of aromatic nitrogens is 1. The summed E-state index contributed by atoms with van der Waals surface area (Å²) in [6, 6.07) is 20.7. The van der Waals surface area contributed by atoms with Crippen LogP contribution in [0.2, 0.25) is 0 Å². The second kappa shape index (κ2) is 9.95. The number of para-hydroxylation sites is 1. The number of nitrogens with zero attached hydrogens (tertiary/aromatic N) is 1. The first-order valence-corrected chi connectivity index (χ1v) is 13.7. The van der Waals surface area contributed by atoms with Crippen molar-refractivity contribution < 1.29 is 14.2 Å². The van der Waals surface area contributed by atoms with Gasteiger partial charge in [0.25, 0.3) is 0 Å². The van der Waals surface area contributed by atoms with E-state index >= 15 is 0 Å². The van der Waals surface area contributed by atoms with Gasteiger partial charge in [0.2, 0.25) is 0 Å². The maximum absolute atomic E-state index is 6.30. The third kappa shape index (κ3) is 5.08. The molecule has 0 fully saturated rings. The molecule has 0 N–H and O–H groups in total. The zero-order valence-corrected chi connectivity index (χ0v) is 24.0. The molecule has 0 bridgehead atoms. The van der Waals surface area contributed by atoms with E-state index in [1.807, 2.05) is 24.3 Å². The molecule has 3 aromatic carbocycles. The molecule has 1 aliphatic rings. The van der Waals surface area contributed by atoms with E-state index in [1.54, 1.807) is 25.6 Å². The van der Waals surface area contributed by atoms with E-state index in [2.05, 4.69) is 83.2 Å². The number of thiazole rings is 1. The van der Waals surface area contributed by atoms with Gasteiger partial charge in [0.15, 0.2) is 0 Å². The summed E-state index contributed by atoms with van der Waals surface area (Å²) < 4.78 is 18.9. The third-order valence-corrected chi connectivity index (χ3v) is 7.95. The van der Waals surface area contributed by atoms with Crippen molar-refractivity contribution in [3.8, 4) is 22.1 Å². The fourth-order valence-corrected chi connectivity index (χ4v) is 6.42. The second-order valence-corrected chi connectivity index (χ2v) is 12.4. The Balaban J connectivity index is 1.49. The minimum atomic E-state index is -0.0196. The van der Waals surface area contributed by atoms with E-state index in [1.165, 1.54) is 10.3 Å². The zero-order chi connectivity index (χ0) is 27.1. The number of benzene rings is 3. The fraction of sp³-hybridized carbons (Fsp3) is 0.303. The van der Waals surface area contributed by atoms with Crippen molar-refractivity contribution in [3.63, 3.8) is 0 Å². The van der Waals surface area contributed by atoms with E-state index in [-0.39, 0.29) is 10.8 Å². The van der Waals surface area contributed by atoms with Crippen LogP contribution in [0.25, 0.3) is 38.7 Å². The molecule has 0 aliphatic carbocycles. The van der Waals surface area contributed by atoms with Gasteiger partial charge in [-0.3, -0.25) is 0 Å². The maximum atomic E-state index is 6.30. The number of methoxy groups -OCH3 is 2. The Bertz CT molecular complexity index is 1520. The van der Waals surface area contributed by atoms with Crippen LogP contribution in [-0.2, 0) is 4.74 Å². The molecule has 1 aliphatic heterocycles. The van der Waals surface area contributed by atoms with Crippen LogP contribution in [0.3, 0.4) is 0 Å². The van der Waals surface area contributed by atoms with Crippen molar-refractivity contribution >= 4 is 39.5 Å². The molecule has 38 heavy (non-hydrogen) atoms. The highest BCUT2D eigenvalue weighted by molar-refractivity contribution is 7.21. The SMILES string of the molecule is COc1cc(/C=C/c2ccc(-c3nc4ccccc4s3)c(OC)c2)cc(C2=C(C(C)(C)C)C(C)(C)CO2)c1. The normalized spacial score (nSPS) is 15.3. The Morgan fingerprint density at radius 1 is 0.921 bits per heavy atom. The highest BCUT2D eigenvalue weighted by Crippen LogP contribution is 2.50. The van der Waals surface area contributed by atoms with Gasteiger partial charge in [0.05, 0.1) is 36.6 Å². The number of hydrogen-bond acceptors (Lipinski definition) is 5. The molecule has 0 unspecified atom stereocenters. The zero-order valence-electron chi connectivity index (χ0n) is 23.2. The van der Waals surface area contributed by atoms with Gasteiger partial charge < -0.3 is 14.2 Å². The summed E-state index contributed by atoms with van der Waals surface area (Å²) in [5, 5.41) is 0.957. The molecule has 0 saturated heterocycles. The predicted octanol–water partition coefficient (Wildman–Crippen LogP) is 8.96. The van der Waals surface area contributed by atoms with Gasteiger partial charge in [0.1, 0.15) is 22.3 Å². The average Bonchev–Trinajstić information content (AvgIpc) is 3.47. The van der Waals surface area contributed by atoms with Crippen LogP contribution >= 0.6 is 11.3 Å². The van der Waals surface area contributed by atoms with Gasteiger partial charge in [-0.25, -0.2) is 4.98 Å². The van der Waals surface area contributed by atoms with Gasteiger partial charge in [-0.1, -0.05) is 65.0 Å². The number of hydrogen-bond donors (Lipinski definition) is 0. The van der Waals surface area contributed by atoms with Crippen LogP contribution in [0.5, 0.6) is 11.5 Å². The Hall–Kier alpha value is -3.57. The van der Waals surface area contributed by atoms with Crippen molar-refractivity contribution in [3.05, 3.63) is 82.9 Å². The molecule has 0 amide bonds. The standard InChI is InChI=1S/C33H35NO3S/c1-32(2,3)30-29(37-20-33(30,4)5)23-16-22(17-24(19-23)35-6)13-12-21-14-15-25(27(18-21)36-7)31-34-26-10-8-9-11-28(26)38-31/h8-19H,20H2,1-7H3/b13-12+. The van der Waals surface area contributed by atoms with Gasteiger partial charge in [0, 0.05) is 11.0 Å². The Morgan fingerprint density at radius 3 is 2.39 bits per heavy atom. The summed E-state index contributed by atoms with van der Waals surface area (Å²) in [5.74, 6) is 2.58. The molecule has 2 heterocycles. The summed E-state index contributed by atoms with van der Waals surface area (Å²) in [6.45, 7) is 12.0. The van der Waals surface area contributed by atoms with Crippen molar-refractivity contribution in [1.82, 2.24) is 4.98 Å². The molecule has 0 radical (unpaired) electrons. The van der Waals surface area contributed by atoms with Gasteiger partial charge in [-0.05, 0) is 64.6 Å². The smallest absolute Gasteiger partial charge is 0.129 e. The molecular formula is C33H35NO3S. The van der Waals surface area contributed by atoms with E-state index in [0.29, 0.717) is 6.61 Å². The first-order chi connectivity index (χ1) is 18.1. The quantitative estimate of drug-likeness (QED) is 0.236. The van der Waals surface area contributed by atoms with E-state index < -0.39 is 0 Å². The van der Waals surface area contributed by atoms with Gasteiger partial charge in [-0.15, -0.1) is 11.3 Å². The molecule has 196 valence electrons. The first kappa shape index (κ1) is 26.1. The fourth-order valence-electron chi connectivity index (χ4n) is 5.42. The second-order valence-electron chi connectivity index (χ2n) is 11.4. The highest BCUT2D eigenvalue weighted by atomic mass is 32.1. The topological polar surface area (TPSA) is 40.6 Å². The molecule has 0 saturated carbocycles. The summed E-state index contributed by atoms with van der Waals surface area (Å²) >= 11 is 1.68. The molecular weight excluding hydrogens is 490 g/mol. The first-order valence-electron chi connectivity index (χ1n) is 12.9. The lowest BCUT2D eigenvalue weighted by atomic mass is 9.71. The van der Waals surface area contributed by atoms with Crippen LogP contribution < -0.4 is 9.47 Å². The lowest BCUT2D eigenvalue weighted by molar-refractivity contribution is 0.213. The molecule has 5 heteroatoms. The van der Waals surface area contributed by atoms with E-state index in [0.717, 1.165) is 50.0 Å².